The smallest absolute Gasteiger partial charge is 0.200 e. The molecule has 0 aliphatic carbocycles. The number of morpholine rings is 1. The minimum absolute atomic E-state index is 0.0703. The summed E-state index contributed by atoms with van der Waals surface area (Å²) in [6.07, 6.45) is 1.73. The Labute approximate surface area is 151 Å². The van der Waals surface area contributed by atoms with Crippen molar-refractivity contribution in [2.75, 3.05) is 31.2 Å². The van der Waals surface area contributed by atoms with Crippen LogP contribution in [0.25, 0.3) is 11.0 Å². The van der Waals surface area contributed by atoms with E-state index in [-0.39, 0.29) is 5.43 Å². The molecule has 0 saturated carbocycles. The number of rotatable bonds is 4. The summed E-state index contributed by atoms with van der Waals surface area (Å²) in [7, 11) is 0. The molecule has 6 heteroatoms. The summed E-state index contributed by atoms with van der Waals surface area (Å²) in [5.41, 5.74) is 2.23. The van der Waals surface area contributed by atoms with Crippen LogP contribution in [0.3, 0.4) is 0 Å². The van der Waals surface area contributed by atoms with Crippen LogP contribution in [0.5, 0.6) is 5.75 Å². The van der Waals surface area contributed by atoms with Gasteiger partial charge in [-0.05, 0) is 36.8 Å². The van der Waals surface area contributed by atoms with Gasteiger partial charge in [-0.15, -0.1) is 0 Å². The third kappa shape index (κ3) is 3.41. The molecule has 26 heavy (non-hydrogen) atoms. The van der Waals surface area contributed by atoms with E-state index < -0.39 is 0 Å². The summed E-state index contributed by atoms with van der Waals surface area (Å²) < 4.78 is 17.2. The molecule has 0 unspecified atom stereocenters. The van der Waals surface area contributed by atoms with Crippen LogP contribution in [0, 0.1) is 6.92 Å². The average molecular weight is 352 g/mol. The van der Waals surface area contributed by atoms with Crippen molar-refractivity contribution in [3.8, 4) is 5.75 Å². The molecule has 3 aromatic rings. The molecule has 6 nitrogen and oxygen atoms in total. The average Bonchev–Trinajstić information content (AvgIpc) is 2.68. The summed E-state index contributed by atoms with van der Waals surface area (Å²) >= 11 is 0. The second-order valence-corrected chi connectivity index (χ2v) is 6.27. The van der Waals surface area contributed by atoms with Crippen molar-refractivity contribution in [1.29, 1.82) is 0 Å². The fourth-order valence-electron chi connectivity index (χ4n) is 3.05. The van der Waals surface area contributed by atoms with Crippen molar-refractivity contribution in [1.82, 2.24) is 4.98 Å². The number of aromatic nitrogens is 1. The van der Waals surface area contributed by atoms with E-state index >= 15 is 0 Å². The van der Waals surface area contributed by atoms with Gasteiger partial charge in [0.1, 0.15) is 17.9 Å². The zero-order valence-corrected chi connectivity index (χ0v) is 14.6. The standard InChI is InChI=1S/C20H20N2O4/c1-14-10-16(25-13-15-4-2-3-5-21-15)11-17-18(23)12-19(26-20(14)17)22-6-8-24-9-7-22/h2-5,10-12H,6-9,13H2,1H3. The molecule has 1 aromatic carbocycles. The van der Waals surface area contributed by atoms with Crippen molar-refractivity contribution in [2.45, 2.75) is 13.5 Å². The molecular formula is C20H20N2O4. The lowest BCUT2D eigenvalue weighted by molar-refractivity contribution is 0.121. The molecule has 1 fully saturated rings. The number of fused-ring (bicyclic) bond motifs is 1. The Hall–Kier alpha value is -2.86. The maximum Gasteiger partial charge on any atom is 0.200 e. The van der Waals surface area contributed by atoms with E-state index in [1.165, 1.54) is 0 Å². The van der Waals surface area contributed by atoms with Crippen LogP contribution in [-0.4, -0.2) is 31.3 Å². The van der Waals surface area contributed by atoms with E-state index in [4.69, 9.17) is 13.9 Å². The maximum atomic E-state index is 12.6. The predicted octanol–water partition coefficient (Wildman–Crippen LogP) is 2.91. The van der Waals surface area contributed by atoms with E-state index in [2.05, 4.69) is 4.98 Å². The molecule has 0 amide bonds. The quantitative estimate of drug-likeness (QED) is 0.719. The van der Waals surface area contributed by atoms with Gasteiger partial charge >= 0.3 is 0 Å². The van der Waals surface area contributed by atoms with Crippen LogP contribution >= 0.6 is 0 Å². The van der Waals surface area contributed by atoms with Crippen LogP contribution in [-0.2, 0) is 11.3 Å². The largest absolute Gasteiger partial charge is 0.487 e. The monoisotopic (exact) mass is 352 g/mol. The molecule has 0 bridgehead atoms. The minimum Gasteiger partial charge on any atom is -0.487 e. The number of hydrogen-bond donors (Lipinski definition) is 0. The number of ether oxygens (including phenoxy) is 2. The Morgan fingerprint density at radius 3 is 2.81 bits per heavy atom. The van der Waals surface area contributed by atoms with Crippen molar-refractivity contribution in [3.63, 3.8) is 0 Å². The lowest BCUT2D eigenvalue weighted by Crippen LogP contribution is -2.36. The summed E-state index contributed by atoms with van der Waals surface area (Å²) in [6.45, 7) is 4.99. The Morgan fingerprint density at radius 1 is 1.19 bits per heavy atom. The lowest BCUT2D eigenvalue weighted by Gasteiger charge is -2.27. The number of nitrogens with zero attached hydrogens (tertiary/aromatic N) is 2. The van der Waals surface area contributed by atoms with Crippen LogP contribution < -0.4 is 15.1 Å². The van der Waals surface area contributed by atoms with E-state index in [9.17, 15) is 4.79 Å². The van der Waals surface area contributed by atoms with Gasteiger partial charge in [-0.3, -0.25) is 9.78 Å². The predicted molar refractivity (Wildman–Crippen MR) is 98.8 cm³/mol. The fourth-order valence-corrected chi connectivity index (χ4v) is 3.05. The van der Waals surface area contributed by atoms with Gasteiger partial charge in [-0.2, -0.15) is 0 Å². The highest BCUT2D eigenvalue weighted by Crippen LogP contribution is 2.27. The fraction of sp³-hybridized carbons (Fsp3) is 0.300. The molecule has 1 saturated heterocycles. The highest BCUT2D eigenvalue weighted by molar-refractivity contribution is 5.82. The molecule has 0 atom stereocenters. The first-order valence-corrected chi connectivity index (χ1v) is 8.64. The maximum absolute atomic E-state index is 12.6. The van der Waals surface area contributed by atoms with Gasteiger partial charge in [0.25, 0.3) is 0 Å². The Balaban J connectivity index is 1.64. The summed E-state index contributed by atoms with van der Waals surface area (Å²) in [5.74, 6) is 1.23. The van der Waals surface area contributed by atoms with Gasteiger partial charge in [0.05, 0.1) is 24.3 Å². The van der Waals surface area contributed by atoms with Crippen LogP contribution in [0.15, 0.2) is 51.8 Å². The van der Waals surface area contributed by atoms with Gasteiger partial charge < -0.3 is 18.8 Å². The van der Waals surface area contributed by atoms with Crippen molar-refractivity contribution < 1.29 is 13.9 Å². The first-order chi connectivity index (χ1) is 12.7. The third-order valence-electron chi connectivity index (χ3n) is 4.41. The topological polar surface area (TPSA) is 64.8 Å². The third-order valence-corrected chi connectivity index (χ3v) is 4.41. The van der Waals surface area contributed by atoms with Crippen molar-refractivity contribution in [2.24, 2.45) is 0 Å². The number of hydrogen-bond acceptors (Lipinski definition) is 6. The van der Waals surface area contributed by atoms with Gasteiger partial charge in [0.2, 0.25) is 0 Å². The molecular weight excluding hydrogens is 332 g/mol. The number of pyridine rings is 1. The van der Waals surface area contributed by atoms with E-state index in [1.807, 2.05) is 36.1 Å². The molecule has 0 radical (unpaired) electrons. The first-order valence-electron chi connectivity index (χ1n) is 8.64. The normalized spacial score (nSPS) is 14.6. The second-order valence-electron chi connectivity index (χ2n) is 6.27. The Bertz CT molecular complexity index is 963. The molecule has 0 spiro atoms. The number of benzene rings is 1. The van der Waals surface area contributed by atoms with Gasteiger partial charge in [0, 0.05) is 25.4 Å². The van der Waals surface area contributed by atoms with Crippen LogP contribution in [0.4, 0.5) is 5.88 Å². The van der Waals surface area contributed by atoms with Crippen molar-refractivity contribution in [3.05, 3.63) is 64.1 Å². The molecule has 0 N–H and O–H groups in total. The zero-order valence-electron chi connectivity index (χ0n) is 14.6. The summed E-state index contributed by atoms with van der Waals surface area (Å²) in [6, 6.07) is 10.9. The SMILES string of the molecule is Cc1cc(OCc2ccccn2)cc2c(=O)cc(N3CCOCC3)oc12. The molecule has 1 aliphatic heterocycles. The first kappa shape index (κ1) is 16.6. The van der Waals surface area contributed by atoms with Crippen LogP contribution in [0.1, 0.15) is 11.3 Å². The summed E-state index contributed by atoms with van der Waals surface area (Å²) in [4.78, 5) is 18.9. The number of aryl methyl sites for hydroxylation is 1. The van der Waals surface area contributed by atoms with Gasteiger partial charge in [-0.1, -0.05) is 6.07 Å². The minimum atomic E-state index is -0.0703. The second kappa shape index (κ2) is 7.17. The van der Waals surface area contributed by atoms with E-state index in [0.29, 0.717) is 42.4 Å². The highest BCUT2D eigenvalue weighted by atomic mass is 16.5. The lowest BCUT2D eigenvalue weighted by atomic mass is 10.1. The molecule has 3 heterocycles. The molecule has 2 aromatic heterocycles. The Morgan fingerprint density at radius 2 is 2.04 bits per heavy atom. The number of anilines is 1. The Kier molecular flexibility index (Phi) is 4.58. The zero-order chi connectivity index (χ0) is 17.9. The van der Waals surface area contributed by atoms with Crippen LogP contribution in [0.2, 0.25) is 0 Å². The highest BCUT2D eigenvalue weighted by Gasteiger charge is 2.17. The molecule has 1 aliphatic rings. The van der Waals surface area contributed by atoms with E-state index in [0.717, 1.165) is 24.3 Å². The van der Waals surface area contributed by atoms with E-state index in [1.54, 1.807) is 18.3 Å². The molecule has 134 valence electrons. The van der Waals surface area contributed by atoms with Crippen molar-refractivity contribution >= 4 is 16.9 Å². The van der Waals surface area contributed by atoms with Gasteiger partial charge in [-0.25, -0.2) is 0 Å². The molecule has 4 rings (SSSR count). The summed E-state index contributed by atoms with van der Waals surface area (Å²) in [5, 5.41) is 0.526. The van der Waals surface area contributed by atoms with Gasteiger partial charge in [0.15, 0.2) is 11.3 Å².